The summed E-state index contributed by atoms with van der Waals surface area (Å²) >= 11 is 0. The van der Waals surface area contributed by atoms with E-state index >= 15 is 0 Å². The Morgan fingerprint density at radius 2 is 1.50 bits per heavy atom. The van der Waals surface area contributed by atoms with Gasteiger partial charge in [0.15, 0.2) is 0 Å². The predicted molar refractivity (Wildman–Crippen MR) is 84.7 cm³/mol. The minimum absolute atomic E-state index is 0.0913. The number of hydrogen-bond donors (Lipinski definition) is 1. The molecule has 3 rings (SSSR count). The Morgan fingerprint density at radius 3 is 2.15 bits per heavy atom. The number of aryl methyl sites for hydroxylation is 1. The molecule has 1 unspecified atom stereocenters. The molecule has 104 valence electrons. The number of rotatable bonds is 3. The largest absolute Gasteiger partial charge is 0.323 e. The fourth-order valence-electron chi connectivity index (χ4n) is 3.79. The summed E-state index contributed by atoms with van der Waals surface area (Å²) in [5.41, 5.74) is 10.9. The van der Waals surface area contributed by atoms with E-state index in [0.29, 0.717) is 0 Å². The summed E-state index contributed by atoms with van der Waals surface area (Å²) in [5, 5.41) is 0. The molecule has 1 saturated carbocycles. The van der Waals surface area contributed by atoms with Gasteiger partial charge in [-0.2, -0.15) is 0 Å². The minimum atomic E-state index is 0.0913. The number of benzene rings is 2. The van der Waals surface area contributed by atoms with Crippen LogP contribution in [0.1, 0.15) is 48.4 Å². The molecule has 0 amide bonds. The first-order chi connectivity index (χ1) is 9.74. The Morgan fingerprint density at radius 1 is 0.900 bits per heavy atom. The zero-order chi connectivity index (χ0) is 14.0. The second-order valence-corrected chi connectivity index (χ2v) is 6.06. The average molecular weight is 265 g/mol. The number of nitrogens with two attached hydrogens (primary N) is 1. The van der Waals surface area contributed by atoms with Crippen molar-refractivity contribution in [3.05, 3.63) is 71.3 Å². The molecule has 1 nitrogen and oxygen atoms in total. The van der Waals surface area contributed by atoms with Crippen LogP contribution in [0, 0.1) is 6.92 Å². The van der Waals surface area contributed by atoms with Crippen LogP contribution in [-0.4, -0.2) is 0 Å². The molecule has 20 heavy (non-hydrogen) atoms. The highest BCUT2D eigenvalue weighted by molar-refractivity contribution is 5.37. The molecule has 1 heteroatoms. The van der Waals surface area contributed by atoms with Gasteiger partial charge >= 0.3 is 0 Å². The van der Waals surface area contributed by atoms with Gasteiger partial charge in [0, 0.05) is 11.5 Å². The highest BCUT2D eigenvalue weighted by atomic mass is 14.7. The summed E-state index contributed by atoms with van der Waals surface area (Å²) in [4.78, 5) is 0. The van der Waals surface area contributed by atoms with Gasteiger partial charge in [-0.1, -0.05) is 67.4 Å². The summed E-state index contributed by atoms with van der Waals surface area (Å²) in [6.45, 7) is 2.17. The van der Waals surface area contributed by atoms with Crippen LogP contribution in [0.3, 0.4) is 0 Å². The van der Waals surface area contributed by atoms with Gasteiger partial charge in [-0.3, -0.25) is 0 Å². The van der Waals surface area contributed by atoms with Gasteiger partial charge < -0.3 is 5.73 Å². The van der Waals surface area contributed by atoms with Crippen molar-refractivity contribution in [1.29, 1.82) is 0 Å². The first kappa shape index (κ1) is 13.4. The molecule has 2 N–H and O–H groups in total. The third kappa shape index (κ3) is 2.16. The van der Waals surface area contributed by atoms with Crippen LogP contribution < -0.4 is 5.73 Å². The van der Waals surface area contributed by atoms with Crippen LogP contribution >= 0.6 is 0 Å². The van der Waals surface area contributed by atoms with Crippen LogP contribution in [-0.2, 0) is 5.41 Å². The maximum atomic E-state index is 6.77. The molecular weight excluding hydrogens is 242 g/mol. The Balaban J connectivity index is 2.06. The first-order valence-corrected chi connectivity index (χ1v) is 7.61. The summed E-state index contributed by atoms with van der Waals surface area (Å²) in [7, 11) is 0. The second kappa shape index (κ2) is 5.41. The van der Waals surface area contributed by atoms with Gasteiger partial charge in [-0.15, -0.1) is 0 Å². The molecule has 1 aliphatic rings. The predicted octanol–water partition coefficient (Wildman–Crippen LogP) is 4.51. The van der Waals surface area contributed by atoms with Crippen molar-refractivity contribution < 1.29 is 0 Å². The highest BCUT2D eigenvalue weighted by Crippen LogP contribution is 2.48. The average Bonchev–Trinajstić information content (AvgIpc) is 2.99. The Labute approximate surface area is 121 Å². The van der Waals surface area contributed by atoms with Crippen LogP contribution in [0.5, 0.6) is 0 Å². The van der Waals surface area contributed by atoms with E-state index in [9.17, 15) is 0 Å². The fraction of sp³-hybridized carbons (Fsp3) is 0.368. The molecule has 0 heterocycles. The number of hydrogen-bond acceptors (Lipinski definition) is 1. The van der Waals surface area contributed by atoms with Crippen molar-refractivity contribution in [2.24, 2.45) is 5.73 Å². The summed E-state index contributed by atoms with van der Waals surface area (Å²) in [6.07, 6.45) is 4.97. The third-order valence-corrected chi connectivity index (χ3v) is 4.96. The van der Waals surface area contributed by atoms with Crippen molar-refractivity contribution in [3.8, 4) is 0 Å². The van der Waals surface area contributed by atoms with E-state index in [1.165, 1.54) is 42.4 Å². The summed E-state index contributed by atoms with van der Waals surface area (Å²) in [5.74, 6) is 0. The van der Waals surface area contributed by atoms with Crippen molar-refractivity contribution >= 4 is 0 Å². The molecule has 0 bridgehead atoms. The summed E-state index contributed by atoms with van der Waals surface area (Å²) in [6, 6.07) is 19.5. The molecule has 2 aromatic rings. The molecule has 1 fully saturated rings. The Kier molecular flexibility index (Phi) is 3.62. The third-order valence-electron chi connectivity index (χ3n) is 4.96. The topological polar surface area (TPSA) is 26.0 Å². The minimum Gasteiger partial charge on any atom is -0.323 e. The zero-order valence-electron chi connectivity index (χ0n) is 12.2. The van der Waals surface area contributed by atoms with E-state index in [2.05, 4.69) is 61.5 Å². The van der Waals surface area contributed by atoms with Crippen LogP contribution in [0.25, 0.3) is 0 Å². The lowest BCUT2D eigenvalue weighted by Gasteiger charge is -2.37. The standard InChI is InChI=1S/C19H23N/c1-15-9-5-6-12-17(15)18(20)19(13-7-8-14-19)16-10-3-2-4-11-16/h2-6,9-12,18H,7-8,13-14,20H2,1H3. The Bertz CT molecular complexity index is 567. The van der Waals surface area contributed by atoms with E-state index in [1.807, 2.05) is 0 Å². The normalized spacial score (nSPS) is 18.9. The lowest BCUT2D eigenvalue weighted by molar-refractivity contribution is 0.355. The molecule has 0 radical (unpaired) electrons. The maximum absolute atomic E-state index is 6.77. The van der Waals surface area contributed by atoms with E-state index < -0.39 is 0 Å². The Hall–Kier alpha value is -1.60. The van der Waals surface area contributed by atoms with Crippen molar-refractivity contribution in [3.63, 3.8) is 0 Å². The van der Waals surface area contributed by atoms with E-state index in [4.69, 9.17) is 5.73 Å². The molecule has 1 aliphatic carbocycles. The SMILES string of the molecule is Cc1ccccc1C(N)C1(c2ccccc2)CCCC1. The molecule has 0 aromatic heterocycles. The van der Waals surface area contributed by atoms with E-state index in [0.717, 1.165) is 0 Å². The lowest BCUT2D eigenvalue weighted by atomic mass is 9.70. The molecule has 0 spiro atoms. The highest BCUT2D eigenvalue weighted by Gasteiger charge is 2.41. The van der Waals surface area contributed by atoms with Crippen molar-refractivity contribution in [1.82, 2.24) is 0 Å². The monoisotopic (exact) mass is 265 g/mol. The van der Waals surface area contributed by atoms with Crippen LogP contribution in [0.15, 0.2) is 54.6 Å². The maximum Gasteiger partial charge on any atom is 0.0395 e. The van der Waals surface area contributed by atoms with E-state index in [1.54, 1.807) is 0 Å². The molecule has 1 atom stereocenters. The van der Waals surface area contributed by atoms with Gasteiger partial charge in [0.2, 0.25) is 0 Å². The first-order valence-electron chi connectivity index (χ1n) is 7.61. The second-order valence-electron chi connectivity index (χ2n) is 6.06. The molecule has 0 saturated heterocycles. The van der Waals surface area contributed by atoms with Gasteiger partial charge in [0.25, 0.3) is 0 Å². The van der Waals surface area contributed by atoms with Crippen LogP contribution in [0.4, 0.5) is 0 Å². The van der Waals surface area contributed by atoms with Gasteiger partial charge in [0.1, 0.15) is 0 Å². The van der Waals surface area contributed by atoms with Gasteiger partial charge in [-0.25, -0.2) is 0 Å². The van der Waals surface area contributed by atoms with E-state index in [-0.39, 0.29) is 11.5 Å². The smallest absolute Gasteiger partial charge is 0.0395 e. The zero-order valence-corrected chi connectivity index (χ0v) is 12.2. The van der Waals surface area contributed by atoms with Gasteiger partial charge in [0.05, 0.1) is 0 Å². The molecule has 2 aromatic carbocycles. The summed E-state index contributed by atoms with van der Waals surface area (Å²) < 4.78 is 0. The lowest BCUT2D eigenvalue weighted by Crippen LogP contribution is -2.36. The molecule has 0 aliphatic heterocycles. The van der Waals surface area contributed by atoms with Gasteiger partial charge in [-0.05, 0) is 36.5 Å². The van der Waals surface area contributed by atoms with Crippen molar-refractivity contribution in [2.75, 3.05) is 0 Å². The molecular formula is C19H23N. The fourth-order valence-corrected chi connectivity index (χ4v) is 3.79. The quantitative estimate of drug-likeness (QED) is 0.868. The van der Waals surface area contributed by atoms with Crippen LogP contribution in [0.2, 0.25) is 0 Å². The van der Waals surface area contributed by atoms with Crippen molar-refractivity contribution in [2.45, 2.75) is 44.1 Å².